The third-order valence-electron chi connectivity index (χ3n) is 4.60. The second-order valence-corrected chi connectivity index (χ2v) is 7.14. The summed E-state index contributed by atoms with van der Waals surface area (Å²) in [4.78, 5) is 41.9. The van der Waals surface area contributed by atoms with Crippen molar-refractivity contribution in [1.29, 1.82) is 0 Å². The number of nitrogens with zero attached hydrogens (tertiary/aromatic N) is 1. The summed E-state index contributed by atoms with van der Waals surface area (Å²) in [6.07, 6.45) is 4.81. The number of carbonyl (C=O) groups is 3. The quantitative estimate of drug-likeness (QED) is 0.498. The van der Waals surface area contributed by atoms with Crippen molar-refractivity contribution >= 4 is 41.0 Å². The van der Waals surface area contributed by atoms with Gasteiger partial charge in [-0.1, -0.05) is 29.8 Å². The van der Waals surface area contributed by atoms with E-state index in [1.165, 1.54) is 12.1 Å². The number of nitrogens with one attached hydrogen (secondary N) is 2. The summed E-state index contributed by atoms with van der Waals surface area (Å²) in [5.41, 5.74) is 2.43. The number of pyridine rings is 1. The summed E-state index contributed by atoms with van der Waals surface area (Å²) in [5, 5.41) is 6.00. The molecule has 2 aromatic carbocycles. The molecule has 0 unspecified atom stereocenters. The van der Waals surface area contributed by atoms with Crippen LogP contribution in [0.4, 0.5) is 5.69 Å². The Morgan fingerprint density at radius 2 is 1.97 bits per heavy atom. The number of ketones is 1. The molecular weight excluding hydrogens is 402 g/mol. The van der Waals surface area contributed by atoms with E-state index in [0.29, 0.717) is 28.4 Å². The summed E-state index contributed by atoms with van der Waals surface area (Å²) in [7, 11) is 0. The predicted molar refractivity (Wildman–Crippen MR) is 114 cm³/mol. The maximum absolute atomic E-state index is 13.0. The molecule has 30 heavy (non-hydrogen) atoms. The minimum Gasteiger partial charge on any atom is -0.348 e. The largest absolute Gasteiger partial charge is 0.348 e. The van der Waals surface area contributed by atoms with E-state index in [1.54, 1.807) is 54.9 Å². The lowest BCUT2D eigenvalue weighted by Crippen LogP contribution is -2.28. The van der Waals surface area contributed by atoms with Gasteiger partial charge in [-0.05, 0) is 53.6 Å². The van der Waals surface area contributed by atoms with Crippen molar-refractivity contribution < 1.29 is 14.4 Å². The number of halogens is 1. The van der Waals surface area contributed by atoms with Crippen LogP contribution in [0.3, 0.4) is 0 Å². The SMILES string of the molecule is O=C1Nc2ccc(C(=O)NCc3cccnc3)cc2C(=O)/C1=C\c1cccc(Cl)c1. The number of anilines is 1. The average molecular weight is 418 g/mol. The molecule has 0 fully saturated rings. The number of amides is 2. The molecule has 1 aliphatic heterocycles. The van der Waals surface area contributed by atoms with E-state index in [1.807, 2.05) is 6.07 Å². The van der Waals surface area contributed by atoms with Crippen LogP contribution in [0.2, 0.25) is 5.02 Å². The van der Waals surface area contributed by atoms with Crippen molar-refractivity contribution in [2.75, 3.05) is 5.32 Å². The number of benzene rings is 2. The van der Waals surface area contributed by atoms with E-state index in [-0.39, 0.29) is 17.0 Å². The Morgan fingerprint density at radius 3 is 2.73 bits per heavy atom. The molecule has 2 N–H and O–H groups in total. The van der Waals surface area contributed by atoms with E-state index >= 15 is 0 Å². The van der Waals surface area contributed by atoms with E-state index in [4.69, 9.17) is 11.6 Å². The van der Waals surface area contributed by atoms with Gasteiger partial charge in [0.25, 0.3) is 11.8 Å². The van der Waals surface area contributed by atoms with Crippen LogP contribution >= 0.6 is 11.6 Å². The van der Waals surface area contributed by atoms with Gasteiger partial charge in [0.05, 0.1) is 11.3 Å². The van der Waals surface area contributed by atoms with Gasteiger partial charge in [0.1, 0.15) is 0 Å². The summed E-state index contributed by atoms with van der Waals surface area (Å²) >= 11 is 5.98. The first-order chi connectivity index (χ1) is 14.5. The standard InChI is InChI=1S/C23H16ClN3O3/c24-17-5-1-3-14(9-17)10-19-21(28)18-11-16(6-7-20(18)27-23(19)30)22(29)26-13-15-4-2-8-25-12-15/h1-12H,13H2,(H,26,29)(H,27,30)/b19-10+. The smallest absolute Gasteiger partial charge is 0.259 e. The van der Waals surface area contributed by atoms with Gasteiger partial charge in [-0.25, -0.2) is 0 Å². The third-order valence-corrected chi connectivity index (χ3v) is 4.83. The van der Waals surface area contributed by atoms with E-state index in [9.17, 15) is 14.4 Å². The molecule has 2 heterocycles. The first-order valence-corrected chi connectivity index (χ1v) is 9.53. The summed E-state index contributed by atoms with van der Waals surface area (Å²) in [6.45, 7) is 0.314. The topological polar surface area (TPSA) is 88.2 Å². The molecule has 3 aromatic rings. The van der Waals surface area contributed by atoms with Crippen molar-refractivity contribution in [1.82, 2.24) is 10.3 Å². The molecule has 0 aliphatic carbocycles. The zero-order valence-electron chi connectivity index (χ0n) is 15.7. The summed E-state index contributed by atoms with van der Waals surface area (Å²) < 4.78 is 0. The zero-order valence-corrected chi connectivity index (χ0v) is 16.4. The van der Waals surface area contributed by atoms with Gasteiger partial charge in [0.2, 0.25) is 5.78 Å². The average Bonchev–Trinajstić information content (AvgIpc) is 2.75. The highest BCUT2D eigenvalue weighted by Gasteiger charge is 2.29. The number of Topliss-reactive ketones (excluding diaryl/α,β-unsaturated/α-hetero) is 1. The van der Waals surface area contributed by atoms with E-state index in [0.717, 1.165) is 5.56 Å². The number of carbonyl (C=O) groups excluding carboxylic acids is 3. The highest BCUT2D eigenvalue weighted by molar-refractivity contribution is 6.36. The van der Waals surface area contributed by atoms with Crippen LogP contribution in [0.25, 0.3) is 6.08 Å². The lowest BCUT2D eigenvalue weighted by atomic mass is 9.93. The molecule has 0 atom stereocenters. The lowest BCUT2D eigenvalue weighted by Gasteiger charge is -2.19. The van der Waals surface area contributed by atoms with Crippen LogP contribution in [0.5, 0.6) is 0 Å². The van der Waals surface area contributed by atoms with Gasteiger partial charge in [-0.3, -0.25) is 19.4 Å². The molecule has 0 bridgehead atoms. The second-order valence-electron chi connectivity index (χ2n) is 6.70. The maximum atomic E-state index is 13.0. The molecule has 0 saturated carbocycles. The molecule has 0 saturated heterocycles. The van der Waals surface area contributed by atoms with Crippen LogP contribution < -0.4 is 10.6 Å². The van der Waals surface area contributed by atoms with Gasteiger partial charge in [0.15, 0.2) is 0 Å². The normalized spacial score (nSPS) is 14.2. The van der Waals surface area contributed by atoms with Crippen LogP contribution in [-0.2, 0) is 11.3 Å². The molecule has 1 aromatic heterocycles. The Kier molecular flexibility index (Phi) is 5.41. The molecule has 2 amide bonds. The maximum Gasteiger partial charge on any atom is 0.259 e. The monoisotopic (exact) mass is 417 g/mol. The predicted octanol–water partition coefficient (Wildman–Crippen LogP) is 3.88. The van der Waals surface area contributed by atoms with Crippen molar-refractivity contribution in [3.8, 4) is 0 Å². The molecule has 1 aliphatic rings. The molecule has 0 spiro atoms. The summed E-state index contributed by atoms with van der Waals surface area (Å²) in [5.74, 6) is -1.27. The zero-order chi connectivity index (χ0) is 21.1. The van der Waals surface area contributed by atoms with Gasteiger partial charge in [-0.15, -0.1) is 0 Å². The first kappa shape index (κ1) is 19.5. The van der Waals surface area contributed by atoms with Crippen LogP contribution in [0.15, 0.2) is 72.6 Å². The number of hydrogen-bond donors (Lipinski definition) is 2. The van der Waals surface area contributed by atoms with Crippen molar-refractivity contribution in [3.05, 3.63) is 99.8 Å². The van der Waals surface area contributed by atoms with Crippen LogP contribution in [0.1, 0.15) is 31.8 Å². The fourth-order valence-corrected chi connectivity index (χ4v) is 3.30. The molecule has 6 nitrogen and oxygen atoms in total. The van der Waals surface area contributed by atoms with E-state index in [2.05, 4.69) is 15.6 Å². The first-order valence-electron chi connectivity index (χ1n) is 9.16. The highest BCUT2D eigenvalue weighted by atomic mass is 35.5. The Bertz CT molecular complexity index is 1190. The van der Waals surface area contributed by atoms with Crippen molar-refractivity contribution in [2.24, 2.45) is 0 Å². The number of hydrogen-bond acceptors (Lipinski definition) is 4. The molecule has 148 valence electrons. The van der Waals surface area contributed by atoms with Crippen molar-refractivity contribution in [2.45, 2.75) is 6.54 Å². The molecular formula is C23H16ClN3O3. The Morgan fingerprint density at radius 1 is 1.10 bits per heavy atom. The molecule has 7 heteroatoms. The van der Waals surface area contributed by atoms with Gasteiger partial charge in [0, 0.05) is 35.1 Å². The minimum atomic E-state index is -0.499. The second kappa shape index (κ2) is 8.31. The molecule has 4 rings (SSSR count). The molecule has 0 radical (unpaired) electrons. The Hall–Kier alpha value is -3.77. The third kappa shape index (κ3) is 4.14. The van der Waals surface area contributed by atoms with Gasteiger partial charge >= 0.3 is 0 Å². The highest BCUT2D eigenvalue weighted by Crippen LogP contribution is 2.28. The van der Waals surface area contributed by atoms with Crippen LogP contribution in [0, 0.1) is 0 Å². The Labute approximate surface area is 177 Å². The minimum absolute atomic E-state index is 0.0160. The fraction of sp³-hybridized carbons (Fsp3) is 0.0435. The van der Waals surface area contributed by atoms with Crippen LogP contribution in [-0.4, -0.2) is 22.6 Å². The number of aromatic nitrogens is 1. The lowest BCUT2D eigenvalue weighted by molar-refractivity contribution is -0.112. The van der Waals surface area contributed by atoms with Crippen molar-refractivity contribution in [3.63, 3.8) is 0 Å². The van der Waals surface area contributed by atoms with Gasteiger partial charge < -0.3 is 10.6 Å². The summed E-state index contributed by atoms with van der Waals surface area (Å²) in [6, 6.07) is 15.1. The number of rotatable bonds is 4. The Balaban J connectivity index is 1.59. The fourth-order valence-electron chi connectivity index (χ4n) is 3.10. The van der Waals surface area contributed by atoms with Gasteiger partial charge in [-0.2, -0.15) is 0 Å². The van der Waals surface area contributed by atoms with E-state index < -0.39 is 11.7 Å². The number of fused-ring (bicyclic) bond motifs is 1.